The Morgan fingerprint density at radius 3 is 2.91 bits per heavy atom. The molecule has 0 radical (unpaired) electrons. The largest absolute Gasteiger partial charge is 0.508 e. The minimum Gasteiger partial charge on any atom is -0.508 e. The highest BCUT2D eigenvalue weighted by Gasteiger charge is 1.96. The van der Waals surface area contributed by atoms with E-state index in [0.717, 1.165) is 12.2 Å². The van der Waals surface area contributed by atoms with Crippen LogP contribution in [0.4, 0.5) is 11.4 Å². The van der Waals surface area contributed by atoms with Crippen molar-refractivity contribution in [3.63, 3.8) is 0 Å². The molecule has 0 aliphatic rings. The van der Waals surface area contributed by atoms with Crippen LogP contribution in [0.1, 0.15) is 6.92 Å². The first-order valence-corrected chi connectivity index (χ1v) is 3.56. The molecule has 0 fully saturated rings. The summed E-state index contributed by atoms with van der Waals surface area (Å²) >= 11 is 0. The molecule has 0 heterocycles. The number of hydrogen-bond acceptors (Lipinski definition) is 3. The first kappa shape index (κ1) is 7.72. The predicted molar refractivity (Wildman–Crippen MR) is 46.7 cm³/mol. The van der Waals surface area contributed by atoms with E-state index in [9.17, 15) is 0 Å². The minimum absolute atomic E-state index is 0.232. The predicted octanol–water partition coefficient (Wildman–Crippen LogP) is 1.41. The summed E-state index contributed by atoms with van der Waals surface area (Å²) < 4.78 is 0. The topological polar surface area (TPSA) is 58.3 Å². The molecule has 1 rings (SSSR count). The Morgan fingerprint density at radius 1 is 1.55 bits per heavy atom. The summed E-state index contributed by atoms with van der Waals surface area (Å²) in [6.07, 6.45) is 0. The second-order valence-electron chi connectivity index (χ2n) is 2.30. The lowest BCUT2D eigenvalue weighted by Gasteiger charge is -2.06. The number of anilines is 2. The average Bonchev–Trinajstić information content (AvgIpc) is 1.98. The van der Waals surface area contributed by atoms with Crippen molar-refractivity contribution in [1.29, 1.82) is 0 Å². The van der Waals surface area contributed by atoms with Gasteiger partial charge in [-0.05, 0) is 19.1 Å². The van der Waals surface area contributed by atoms with Crippen LogP contribution >= 0.6 is 0 Å². The molecule has 0 atom stereocenters. The van der Waals surface area contributed by atoms with Gasteiger partial charge in [-0.2, -0.15) is 0 Å². The van der Waals surface area contributed by atoms with Gasteiger partial charge in [-0.3, -0.25) is 0 Å². The number of nitrogens with one attached hydrogen (secondary N) is 1. The maximum atomic E-state index is 9.07. The number of hydrogen-bond donors (Lipinski definition) is 3. The number of benzene rings is 1. The maximum Gasteiger partial charge on any atom is 0.117 e. The first-order valence-electron chi connectivity index (χ1n) is 3.56. The van der Waals surface area contributed by atoms with Crippen molar-refractivity contribution in [3.05, 3.63) is 18.2 Å². The third kappa shape index (κ3) is 1.77. The third-order valence-corrected chi connectivity index (χ3v) is 1.40. The molecule has 3 heteroatoms. The van der Waals surface area contributed by atoms with Crippen LogP contribution in [0.2, 0.25) is 0 Å². The van der Waals surface area contributed by atoms with Gasteiger partial charge in [0.1, 0.15) is 5.75 Å². The van der Waals surface area contributed by atoms with E-state index in [2.05, 4.69) is 5.32 Å². The molecule has 3 nitrogen and oxygen atoms in total. The number of nitrogen functional groups attached to an aromatic ring is 1. The number of rotatable bonds is 2. The minimum atomic E-state index is 0.232. The van der Waals surface area contributed by atoms with Crippen molar-refractivity contribution < 1.29 is 5.11 Å². The monoisotopic (exact) mass is 152 g/mol. The van der Waals surface area contributed by atoms with Crippen molar-refractivity contribution in [3.8, 4) is 5.75 Å². The second kappa shape index (κ2) is 3.14. The van der Waals surface area contributed by atoms with Crippen molar-refractivity contribution in [2.45, 2.75) is 6.92 Å². The van der Waals surface area contributed by atoms with E-state index >= 15 is 0 Å². The highest BCUT2D eigenvalue weighted by molar-refractivity contribution is 5.67. The molecule has 0 saturated carbocycles. The normalized spacial score (nSPS) is 9.55. The first-order chi connectivity index (χ1) is 5.24. The molecule has 0 aliphatic heterocycles. The lowest BCUT2D eigenvalue weighted by molar-refractivity contribution is 0.475. The van der Waals surface area contributed by atoms with Crippen molar-refractivity contribution in [2.75, 3.05) is 17.6 Å². The molecular formula is C8H12N2O. The van der Waals surface area contributed by atoms with E-state index in [-0.39, 0.29) is 5.75 Å². The van der Waals surface area contributed by atoms with Gasteiger partial charge in [0.2, 0.25) is 0 Å². The van der Waals surface area contributed by atoms with Crippen LogP contribution in [0.15, 0.2) is 18.2 Å². The summed E-state index contributed by atoms with van der Waals surface area (Å²) in [6, 6.07) is 4.85. The summed E-state index contributed by atoms with van der Waals surface area (Å²) in [4.78, 5) is 0. The molecule has 0 aliphatic carbocycles. The van der Waals surface area contributed by atoms with E-state index in [1.807, 2.05) is 6.92 Å². The van der Waals surface area contributed by atoms with Crippen LogP contribution in [-0.4, -0.2) is 11.7 Å². The molecule has 0 amide bonds. The van der Waals surface area contributed by atoms with Crippen LogP contribution in [0, 0.1) is 0 Å². The average molecular weight is 152 g/mol. The number of phenolic OH excluding ortho intramolecular Hbond substituents is 1. The highest BCUT2D eigenvalue weighted by atomic mass is 16.3. The third-order valence-electron chi connectivity index (χ3n) is 1.40. The summed E-state index contributed by atoms with van der Waals surface area (Å²) in [5.41, 5.74) is 7.04. The van der Waals surface area contributed by atoms with E-state index in [0.29, 0.717) is 5.69 Å². The Labute approximate surface area is 65.8 Å². The molecule has 4 N–H and O–H groups in total. The van der Waals surface area contributed by atoms with Crippen molar-refractivity contribution in [1.82, 2.24) is 0 Å². The molecule has 11 heavy (non-hydrogen) atoms. The van der Waals surface area contributed by atoms with Gasteiger partial charge in [-0.15, -0.1) is 0 Å². The van der Waals surface area contributed by atoms with Crippen LogP contribution in [0.3, 0.4) is 0 Å². The quantitative estimate of drug-likeness (QED) is 0.443. The zero-order valence-electron chi connectivity index (χ0n) is 6.46. The molecule has 60 valence electrons. The van der Waals surface area contributed by atoms with Gasteiger partial charge in [0, 0.05) is 12.6 Å². The zero-order chi connectivity index (χ0) is 8.27. The lowest BCUT2D eigenvalue weighted by atomic mass is 10.2. The van der Waals surface area contributed by atoms with Gasteiger partial charge in [0.05, 0.1) is 11.4 Å². The van der Waals surface area contributed by atoms with E-state index in [1.54, 1.807) is 18.2 Å². The van der Waals surface area contributed by atoms with E-state index < -0.39 is 0 Å². The van der Waals surface area contributed by atoms with Gasteiger partial charge < -0.3 is 16.2 Å². The maximum absolute atomic E-state index is 9.07. The molecule has 0 aromatic heterocycles. The van der Waals surface area contributed by atoms with E-state index in [1.165, 1.54) is 0 Å². The summed E-state index contributed by atoms with van der Waals surface area (Å²) in [5.74, 6) is 0.232. The Kier molecular flexibility index (Phi) is 2.21. The van der Waals surface area contributed by atoms with E-state index in [4.69, 9.17) is 10.8 Å². The number of phenols is 1. The molecule has 0 bridgehead atoms. The number of nitrogens with two attached hydrogens (primary N) is 1. The summed E-state index contributed by atoms with van der Waals surface area (Å²) in [6.45, 7) is 2.77. The van der Waals surface area contributed by atoms with Gasteiger partial charge in [-0.1, -0.05) is 0 Å². The molecule has 1 aromatic carbocycles. The van der Waals surface area contributed by atoms with Crippen LogP contribution in [-0.2, 0) is 0 Å². The van der Waals surface area contributed by atoms with Crippen LogP contribution in [0.5, 0.6) is 5.75 Å². The van der Waals surface area contributed by atoms with Gasteiger partial charge >= 0.3 is 0 Å². The van der Waals surface area contributed by atoms with Crippen molar-refractivity contribution in [2.24, 2.45) is 0 Å². The lowest BCUT2D eigenvalue weighted by Crippen LogP contribution is -1.99. The fraction of sp³-hybridized carbons (Fsp3) is 0.250. The highest BCUT2D eigenvalue weighted by Crippen LogP contribution is 2.22. The molecular weight excluding hydrogens is 140 g/mol. The SMILES string of the molecule is CCNc1cc(O)ccc1N. The fourth-order valence-electron chi connectivity index (χ4n) is 0.888. The summed E-state index contributed by atoms with van der Waals surface area (Å²) in [5, 5.41) is 12.1. The Bertz CT molecular complexity index is 248. The smallest absolute Gasteiger partial charge is 0.117 e. The second-order valence-corrected chi connectivity index (χ2v) is 2.30. The Hall–Kier alpha value is -1.38. The zero-order valence-corrected chi connectivity index (χ0v) is 6.46. The van der Waals surface area contributed by atoms with Crippen LogP contribution < -0.4 is 11.1 Å². The molecule has 0 unspecified atom stereocenters. The van der Waals surface area contributed by atoms with Gasteiger partial charge in [-0.25, -0.2) is 0 Å². The fourth-order valence-corrected chi connectivity index (χ4v) is 0.888. The Morgan fingerprint density at radius 2 is 2.27 bits per heavy atom. The molecule has 0 spiro atoms. The summed E-state index contributed by atoms with van der Waals surface area (Å²) in [7, 11) is 0. The Balaban J connectivity index is 2.93. The van der Waals surface area contributed by atoms with Gasteiger partial charge in [0.15, 0.2) is 0 Å². The molecule has 1 aromatic rings. The standard InChI is InChI=1S/C8H12N2O/c1-2-10-8-5-6(11)3-4-7(8)9/h3-5,10-11H,2,9H2,1H3. The van der Waals surface area contributed by atoms with Gasteiger partial charge in [0.25, 0.3) is 0 Å². The van der Waals surface area contributed by atoms with Crippen LogP contribution in [0.25, 0.3) is 0 Å². The van der Waals surface area contributed by atoms with Crippen molar-refractivity contribution >= 4 is 11.4 Å². The molecule has 0 saturated heterocycles. The number of aromatic hydroxyl groups is 1.